The standard InChI is InChI=1S/C13H17FN2O3/c14-8-12-15-9(5-6-17)7-13(16-12)19-11-3-1-10(18)2-4-11/h7,11,17H,1-6,8H2. The summed E-state index contributed by atoms with van der Waals surface area (Å²) < 4.78 is 18.3. The van der Waals surface area contributed by atoms with E-state index in [1.807, 2.05) is 0 Å². The summed E-state index contributed by atoms with van der Waals surface area (Å²) in [5, 5.41) is 8.89. The lowest BCUT2D eigenvalue weighted by atomic mass is 9.96. The van der Waals surface area contributed by atoms with Crippen LogP contribution in [0.15, 0.2) is 6.07 Å². The number of alkyl halides is 1. The summed E-state index contributed by atoms with van der Waals surface area (Å²) in [7, 11) is 0. The van der Waals surface area contributed by atoms with Gasteiger partial charge in [0.1, 0.15) is 18.6 Å². The van der Waals surface area contributed by atoms with E-state index in [0.717, 1.165) is 0 Å². The third kappa shape index (κ3) is 3.96. The summed E-state index contributed by atoms with van der Waals surface area (Å²) in [6.07, 6.45) is 2.67. The van der Waals surface area contributed by atoms with Crippen molar-refractivity contribution in [3.63, 3.8) is 0 Å². The molecule has 0 aromatic carbocycles. The normalized spacial score (nSPS) is 16.6. The first kappa shape index (κ1) is 13.9. The molecule has 1 aliphatic carbocycles. The summed E-state index contributed by atoms with van der Waals surface area (Å²) in [5.74, 6) is 0.645. The number of hydrogen-bond donors (Lipinski definition) is 1. The Morgan fingerprint density at radius 2 is 2.11 bits per heavy atom. The Bertz CT molecular complexity index is 444. The second-order valence-electron chi connectivity index (χ2n) is 4.58. The number of hydrogen-bond acceptors (Lipinski definition) is 5. The molecule has 1 aromatic heterocycles. The maximum absolute atomic E-state index is 12.7. The zero-order chi connectivity index (χ0) is 13.7. The zero-order valence-electron chi connectivity index (χ0n) is 10.6. The second kappa shape index (κ2) is 6.56. The van der Waals surface area contributed by atoms with Crippen LogP contribution in [0.4, 0.5) is 4.39 Å². The summed E-state index contributed by atoms with van der Waals surface area (Å²) in [6, 6.07) is 1.62. The van der Waals surface area contributed by atoms with Crippen LogP contribution in [0.25, 0.3) is 0 Å². The van der Waals surface area contributed by atoms with Gasteiger partial charge in [-0.3, -0.25) is 4.79 Å². The van der Waals surface area contributed by atoms with Crippen molar-refractivity contribution >= 4 is 5.78 Å². The van der Waals surface area contributed by atoms with E-state index in [1.165, 1.54) is 0 Å². The lowest BCUT2D eigenvalue weighted by Crippen LogP contribution is -2.24. The predicted molar refractivity (Wildman–Crippen MR) is 65.5 cm³/mol. The van der Waals surface area contributed by atoms with Crippen LogP contribution in [0.2, 0.25) is 0 Å². The number of rotatable bonds is 5. The van der Waals surface area contributed by atoms with E-state index in [-0.39, 0.29) is 24.3 Å². The highest BCUT2D eigenvalue weighted by atomic mass is 19.1. The molecule has 6 heteroatoms. The lowest BCUT2D eigenvalue weighted by Gasteiger charge is -2.22. The Kier molecular flexibility index (Phi) is 4.79. The van der Waals surface area contributed by atoms with Gasteiger partial charge in [-0.25, -0.2) is 9.37 Å². The molecular formula is C13H17FN2O3. The third-order valence-electron chi connectivity index (χ3n) is 3.07. The minimum atomic E-state index is -0.765. The summed E-state index contributed by atoms with van der Waals surface area (Å²) in [4.78, 5) is 19.1. The highest BCUT2D eigenvalue weighted by molar-refractivity contribution is 5.79. The first-order chi connectivity index (χ1) is 9.21. The maximum Gasteiger partial charge on any atom is 0.217 e. The van der Waals surface area contributed by atoms with Crippen LogP contribution in [0.5, 0.6) is 5.88 Å². The second-order valence-corrected chi connectivity index (χ2v) is 4.58. The van der Waals surface area contributed by atoms with E-state index in [4.69, 9.17) is 9.84 Å². The van der Waals surface area contributed by atoms with Crippen molar-refractivity contribution in [2.75, 3.05) is 6.61 Å². The number of carbonyl (C=O) groups excluding carboxylic acids is 1. The van der Waals surface area contributed by atoms with Crippen molar-refractivity contribution in [1.29, 1.82) is 0 Å². The van der Waals surface area contributed by atoms with Crippen LogP contribution in [0.3, 0.4) is 0 Å². The number of nitrogens with zero attached hydrogens (tertiary/aromatic N) is 2. The van der Waals surface area contributed by atoms with Gasteiger partial charge < -0.3 is 9.84 Å². The van der Waals surface area contributed by atoms with Crippen molar-refractivity contribution in [1.82, 2.24) is 9.97 Å². The third-order valence-corrected chi connectivity index (χ3v) is 3.07. The smallest absolute Gasteiger partial charge is 0.217 e. The van der Waals surface area contributed by atoms with E-state index in [0.29, 0.717) is 43.7 Å². The first-order valence-corrected chi connectivity index (χ1v) is 6.43. The van der Waals surface area contributed by atoms with E-state index in [1.54, 1.807) is 6.07 Å². The van der Waals surface area contributed by atoms with Crippen LogP contribution >= 0.6 is 0 Å². The van der Waals surface area contributed by atoms with Gasteiger partial charge in [0.2, 0.25) is 5.88 Å². The Morgan fingerprint density at radius 3 is 2.74 bits per heavy atom. The number of ether oxygens (including phenoxy) is 1. The van der Waals surface area contributed by atoms with Crippen molar-refractivity contribution in [3.8, 4) is 5.88 Å². The molecule has 0 saturated heterocycles. The Balaban J connectivity index is 2.06. The summed E-state index contributed by atoms with van der Waals surface area (Å²) >= 11 is 0. The molecule has 0 amide bonds. The molecule has 1 aromatic rings. The fourth-order valence-electron chi connectivity index (χ4n) is 2.09. The number of aliphatic hydroxyl groups is 1. The van der Waals surface area contributed by atoms with E-state index in [9.17, 15) is 9.18 Å². The van der Waals surface area contributed by atoms with Crippen LogP contribution in [0.1, 0.15) is 37.2 Å². The summed E-state index contributed by atoms with van der Waals surface area (Å²) in [5.41, 5.74) is 0.562. The number of Topliss-reactive ketones (excluding diaryl/α,β-unsaturated/α-hetero) is 1. The highest BCUT2D eigenvalue weighted by Gasteiger charge is 2.20. The van der Waals surface area contributed by atoms with Gasteiger partial charge >= 0.3 is 0 Å². The van der Waals surface area contributed by atoms with Gasteiger partial charge in [-0.1, -0.05) is 0 Å². The maximum atomic E-state index is 12.7. The molecule has 5 nitrogen and oxygen atoms in total. The quantitative estimate of drug-likeness (QED) is 0.873. The molecular weight excluding hydrogens is 251 g/mol. The van der Waals surface area contributed by atoms with Crippen molar-refractivity contribution in [3.05, 3.63) is 17.6 Å². The predicted octanol–water partition coefficient (Wildman–Crippen LogP) is 1.37. The SMILES string of the molecule is O=C1CCC(Oc2cc(CCO)nc(CF)n2)CC1. The molecule has 1 heterocycles. The minimum Gasteiger partial charge on any atom is -0.474 e. The van der Waals surface area contributed by atoms with Gasteiger partial charge in [0.25, 0.3) is 0 Å². The van der Waals surface area contributed by atoms with Gasteiger partial charge in [0.05, 0.1) is 5.69 Å². The molecule has 0 bridgehead atoms. The van der Waals surface area contributed by atoms with Crippen molar-refractivity contribution < 1.29 is 19.0 Å². The molecule has 19 heavy (non-hydrogen) atoms. The van der Waals surface area contributed by atoms with Gasteiger partial charge in [0.15, 0.2) is 5.82 Å². The number of carbonyl (C=O) groups is 1. The molecule has 0 unspecified atom stereocenters. The monoisotopic (exact) mass is 268 g/mol. The number of aliphatic hydroxyl groups excluding tert-OH is 1. The van der Waals surface area contributed by atoms with Gasteiger partial charge in [-0.15, -0.1) is 0 Å². The van der Waals surface area contributed by atoms with Crippen LogP contribution < -0.4 is 4.74 Å². The van der Waals surface area contributed by atoms with Crippen molar-refractivity contribution in [2.45, 2.75) is 44.9 Å². The molecule has 0 spiro atoms. The Hall–Kier alpha value is -1.56. The Labute approximate surface area is 110 Å². The van der Waals surface area contributed by atoms with E-state index in [2.05, 4.69) is 9.97 Å². The molecule has 0 atom stereocenters. The highest BCUT2D eigenvalue weighted by Crippen LogP contribution is 2.21. The lowest BCUT2D eigenvalue weighted by molar-refractivity contribution is -0.121. The van der Waals surface area contributed by atoms with Gasteiger partial charge in [-0.2, -0.15) is 4.98 Å². The van der Waals surface area contributed by atoms with Crippen LogP contribution in [-0.2, 0) is 17.9 Å². The van der Waals surface area contributed by atoms with Crippen LogP contribution in [-0.4, -0.2) is 33.6 Å². The van der Waals surface area contributed by atoms with E-state index < -0.39 is 6.67 Å². The number of ketones is 1. The largest absolute Gasteiger partial charge is 0.474 e. The molecule has 2 rings (SSSR count). The molecule has 0 aliphatic heterocycles. The topological polar surface area (TPSA) is 72.3 Å². The molecule has 1 saturated carbocycles. The Morgan fingerprint density at radius 1 is 1.37 bits per heavy atom. The number of halogens is 1. The fourth-order valence-corrected chi connectivity index (χ4v) is 2.09. The average molecular weight is 268 g/mol. The molecule has 104 valence electrons. The molecule has 1 fully saturated rings. The molecule has 1 aliphatic rings. The first-order valence-electron chi connectivity index (χ1n) is 6.43. The average Bonchev–Trinajstić information content (AvgIpc) is 2.41. The van der Waals surface area contributed by atoms with Gasteiger partial charge in [0, 0.05) is 31.9 Å². The van der Waals surface area contributed by atoms with E-state index >= 15 is 0 Å². The van der Waals surface area contributed by atoms with Crippen LogP contribution in [0, 0.1) is 0 Å². The molecule has 0 radical (unpaired) electrons. The fraction of sp³-hybridized carbons (Fsp3) is 0.615. The number of aromatic nitrogens is 2. The van der Waals surface area contributed by atoms with Gasteiger partial charge in [-0.05, 0) is 12.8 Å². The van der Waals surface area contributed by atoms with Crippen molar-refractivity contribution in [2.24, 2.45) is 0 Å². The minimum absolute atomic E-state index is 0.0537. The zero-order valence-corrected chi connectivity index (χ0v) is 10.6. The summed E-state index contributed by atoms with van der Waals surface area (Å²) in [6.45, 7) is -0.821. The molecule has 1 N–H and O–H groups in total.